The predicted molar refractivity (Wildman–Crippen MR) is 259 cm³/mol. The average molecular weight is 826 g/mol. The maximum Gasteiger partial charge on any atom is 0.189 e. The minimum Gasteiger partial charge on any atom is -0.448 e. The zero-order valence-electron chi connectivity index (χ0n) is 34.2. The fourth-order valence-corrected chi connectivity index (χ4v) is 10.8. The first-order valence-electron chi connectivity index (χ1n) is 21.3. The molecule has 4 heteroatoms. The average Bonchev–Trinajstić information content (AvgIpc) is 3.88. The van der Waals surface area contributed by atoms with Crippen LogP contribution in [-0.2, 0) is 5.41 Å². The molecule has 2 heterocycles. The van der Waals surface area contributed by atoms with E-state index < -0.39 is 5.41 Å². The molecule has 0 bridgehead atoms. The van der Waals surface area contributed by atoms with Crippen LogP contribution in [0.15, 0.2) is 237 Å². The van der Waals surface area contributed by atoms with Crippen molar-refractivity contribution in [3.8, 4) is 66.1 Å². The molecular weight excluding hydrogens is 787 g/mol. The Morgan fingerprint density at radius 1 is 0.333 bits per heavy atom. The van der Waals surface area contributed by atoms with E-state index in [1.807, 2.05) is 30.3 Å². The molecule has 63 heavy (non-hydrogen) atoms. The number of anilines is 3. The summed E-state index contributed by atoms with van der Waals surface area (Å²) in [6, 6.07) is 84.7. The van der Waals surface area contributed by atoms with Crippen molar-refractivity contribution >= 4 is 28.4 Å². The third kappa shape index (κ3) is 6.10. The molecule has 0 atom stereocenters. The lowest BCUT2D eigenvalue weighted by atomic mass is 9.67. The Morgan fingerprint density at radius 3 is 1.32 bits per heavy atom. The van der Waals surface area contributed by atoms with Crippen LogP contribution in [0, 0.1) is 0 Å². The van der Waals surface area contributed by atoms with Gasteiger partial charge in [0.2, 0.25) is 0 Å². The molecule has 0 unspecified atom stereocenters. The van der Waals surface area contributed by atoms with Gasteiger partial charge in [-0.25, -0.2) is 0 Å². The summed E-state index contributed by atoms with van der Waals surface area (Å²) in [5, 5.41) is 0. The number of fused-ring (bicyclic) bond motifs is 5. The molecular formula is C59H39NO2S. The highest BCUT2D eigenvalue weighted by molar-refractivity contribution is 7.19. The highest BCUT2D eigenvalue weighted by atomic mass is 32.1. The first-order chi connectivity index (χ1) is 31.2. The van der Waals surface area contributed by atoms with Gasteiger partial charge in [0.05, 0.1) is 15.2 Å². The highest BCUT2D eigenvalue weighted by Gasteiger charge is 2.46. The normalized spacial score (nSPS) is 12.8. The van der Waals surface area contributed by atoms with E-state index in [-0.39, 0.29) is 0 Å². The van der Waals surface area contributed by atoms with Crippen molar-refractivity contribution < 1.29 is 9.47 Å². The Hall–Kier alpha value is -7.92. The highest BCUT2D eigenvalue weighted by Crippen LogP contribution is 2.60. The minimum atomic E-state index is -0.521. The summed E-state index contributed by atoms with van der Waals surface area (Å²) >= 11 is 1.70. The number of hydrogen-bond donors (Lipinski definition) is 0. The summed E-state index contributed by atoms with van der Waals surface area (Å²) in [6.07, 6.45) is 0. The van der Waals surface area contributed by atoms with Gasteiger partial charge in [-0.1, -0.05) is 188 Å². The van der Waals surface area contributed by atoms with Gasteiger partial charge in [-0.3, -0.25) is 0 Å². The van der Waals surface area contributed by atoms with Crippen molar-refractivity contribution in [2.75, 3.05) is 4.90 Å². The minimum absolute atomic E-state index is 0.521. The molecule has 0 N–H and O–H groups in total. The number of benzene rings is 9. The van der Waals surface area contributed by atoms with Gasteiger partial charge < -0.3 is 14.4 Å². The second kappa shape index (κ2) is 15.2. The van der Waals surface area contributed by atoms with Crippen LogP contribution >= 0.6 is 11.3 Å². The number of para-hydroxylation sites is 2. The van der Waals surface area contributed by atoms with Crippen LogP contribution in [0.5, 0.6) is 23.0 Å². The summed E-state index contributed by atoms with van der Waals surface area (Å²) < 4.78 is 13.3. The van der Waals surface area contributed by atoms with Gasteiger partial charge in [0.15, 0.2) is 23.0 Å². The van der Waals surface area contributed by atoms with E-state index in [9.17, 15) is 0 Å². The van der Waals surface area contributed by atoms with Crippen molar-refractivity contribution in [2.45, 2.75) is 5.41 Å². The van der Waals surface area contributed by atoms with Crippen LogP contribution in [0.1, 0.15) is 22.3 Å². The number of rotatable bonds is 8. The molecule has 1 aliphatic heterocycles. The Kier molecular flexibility index (Phi) is 8.91. The lowest BCUT2D eigenvalue weighted by molar-refractivity contribution is 0.364. The van der Waals surface area contributed by atoms with E-state index in [0.717, 1.165) is 55.2 Å². The SMILES string of the molecule is c1ccc(-c2ccc(N(c3ccc(-c4sc(-c5ccccc5)c5c4Oc4ccccc4O5)cc3)c3ccc4c(c3)C(c3ccccc3)(c3ccccc3)c3ccccc3-4)cc2)cc1. The quantitative estimate of drug-likeness (QED) is 0.152. The largest absolute Gasteiger partial charge is 0.448 e. The molecule has 0 radical (unpaired) electrons. The van der Waals surface area contributed by atoms with Gasteiger partial charge in [-0.05, 0) is 104 Å². The number of thiophene rings is 1. The van der Waals surface area contributed by atoms with Gasteiger partial charge in [-0.15, -0.1) is 11.3 Å². The van der Waals surface area contributed by atoms with Crippen LogP contribution in [-0.4, -0.2) is 0 Å². The predicted octanol–water partition coefficient (Wildman–Crippen LogP) is 16.5. The second-order valence-electron chi connectivity index (χ2n) is 16.0. The molecule has 0 saturated carbocycles. The summed E-state index contributed by atoms with van der Waals surface area (Å²) in [5.74, 6) is 2.93. The van der Waals surface area contributed by atoms with E-state index in [1.54, 1.807) is 11.3 Å². The maximum atomic E-state index is 6.67. The van der Waals surface area contributed by atoms with E-state index >= 15 is 0 Å². The second-order valence-corrected chi connectivity index (χ2v) is 17.0. The summed E-state index contributed by atoms with van der Waals surface area (Å²) in [6.45, 7) is 0. The monoisotopic (exact) mass is 825 g/mol. The molecule has 298 valence electrons. The van der Waals surface area contributed by atoms with Crippen LogP contribution in [0.2, 0.25) is 0 Å². The molecule has 9 aromatic carbocycles. The van der Waals surface area contributed by atoms with Gasteiger partial charge in [-0.2, -0.15) is 0 Å². The molecule has 10 aromatic rings. The van der Waals surface area contributed by atoms with Gasteiger partial charge in [0, 0.05) is 17.1 Å². The standard InChI is InChI=1S/C59H39NO2S/c1-5-17-40(18-6-1)41-29-33-46(34-30-41)60(47-35-31-43(32-36-47)58-56-55(57(63-58)42-19-7-2-8-20-42)61-53-27-15-16-28-54(53)62-56)48-37-38-50-49-25-13-14-26-51(49)59(52(50)39-48,44-21-9-3-10-22-44)45-23-11-4-12-24-45/h1-39H. The van der Waals surface area contributed by atoms with Crippen LogP contribution in [0.4, 0.5) is 17.1 Å². The van der Waals surface area contributed by atoms with Crippen LogP contribution in [0.25, 0.3) is 43.1 Å². The molecule has 1 aromatic heterocycles. The molecule has 0 fully saturated rings. The molecule has 1 aliphatic carbocycles. The van der Waals surface area contributed by atoms with E-state index in [4.69, 9.17) is 9.47 Å². The number of nitrogens with zero attached hydrogens (tertiary/aromatic N) is 1. The van der Waals surface area contributed by atoms with Crippen LogP contribution in [0.3, 0.4) is 0 Å². The molecule has 0 amide bonds. The fraction of sp³-hybridized carbons (Fsp3) is 0.0169. The zero-order chi connectivity index (χ0) is 41.7. The summed E-state index contributed by atoms with van der Waals surface area (Å²) in [7, 11) is 0. The van der Waals surface area contributed by atoms with Crippen LogP contribution < -0.4 is 14.4 Å². The smallest absolute Gasteiger partial charge is 0.189 e. The van der Waals surface area contributed by atoms with Crippen molar-refractivity contribution in [3.63, 3.8) is 0 Å². The molecule has 0 saturated heterocycles. The van der Waals surface area contributed by atoms with Gasteiger partial charge in [0.25, 0.3) is 0 Å². The van der Waals surface area contributed by atoms with Crippen molar-refractivity contribution in [1.29, 1.82) is 0 Å². The fourth-order valence-electron chi connectivity index (χ4n) is 9.61. The maximum absolute atomic E-state index is 6.67. The molecule has 12 rings (SSSR count). The third-order valence-electron chi connectivity index (χ3n) is 12.5. The Bertz CT molecular complexity index is 3210. The lowest BCUT2D eigenvalue weighted by Crippen LogP contribution is -2.28. The van der Waals surface area contributed by atoms with E-state index in [0.29, 0.717) is 5.75 Å². The van der Waals surface area contributed by atoms with Crippen molar-refractivity contribution in [2.24, 2.45) is 0 Å². The van der Waals surface area contributed by atoms with Gasteiger partial charge >= 0.3 is 0 Å². The first kappa shape index (κ1) is 36.9. The molecule has 3 nitrogen and oxygen atoms in total. The number of ether oxygens (including phenoxy) is 2. The van der Waals surface area contributed by atoms with E-state index in [2.05, 4.69) is 211 Å². The van der Waals surface area contributed by atoms with Gasteiger partial charge in [0.1, 0.15) is 0 Å². The Labute approximate surface area is 371 Å². The summed E-state index contributed by atoms with van der Waals surface area (Å²) in [4.78, 5) is 4.45. The third-order valence-corrected chi connectivity index (χ3v) is 13.7. The first-order valence-corrected chi connectivity index (χ1v) is 22.1. The number of hydrogen-bond acceptors (Lipinski definition) is 4. The Balaban J connectivity index is 1.02. The van der Waals surface area contributed by atoms with E-state index in [1.165, 1.54) is 44.5 Å². The lowest BCUT2D eigenvalue weighted by Gasteiger charge is -2.35. The van der Waals surface area contributed by atoms with Crippen molar-refractivity contribution in [1.82, 2.24) is 0 Å². The topological polar surface area (TPSA) is 21.7 Å². The van der Waals surface area contributed by atoms with Crippen molar-refractivity contribution in [3.05, 3.63) is 259 Å². The molecule has 2 aliphatic rings. The Morgan fingerprint density at radius 2 is 0.746 bits per heavy atom. The zero-order valence-corrected chi connectivity index (χ0v) is 35.0. The molecule has 0 spiro atoms. The summed E-state index contributed by atoms with van der Waals surface area (Å²) in [5.41, 5.74) is 14.7.